The second-order valence-electron chi connectivity index (χ2n) is 7.16. The number of para-hydroxylation sites is 1. The van der Waals surface area contributed by atoms with E-state index in [9.17, 15) is 4.79 Å². The lowest BCUT2D eigenvalue weighted by Crippen LogP contribution is -2.52. The van der Waals surface area contributed by atoms with E-state index in [1.807, 2.05) is 36.2 Å². The number of carbonyl (C=O) groups is 1. The van der Waals surface area contributed by atoms with Crippen LogP contribution in [0.1, 0.15) is 36.2 Å². The van der Waals surface area contributed by atoms with E-state index < -0.39 is 0 Å². The van der Waals surface area contributed by atoms with E-state index in [1.165, 1.54) is 0 Å². The minimum atomic E-state index is -0.123. The molecule has 1 spiro atoms. The van der Waals surface area contributed by atoms with Gasteiger partial charge in [-0.25, -0.2) is 0 Å². The van der Waals surface area contributed by atoms with Crippen LogP contribution in [0, 0.1) is 0 Å². The normalized spacial score (nSPS) is 23.3. The second kappa shape index (κ2) is 6.42. The van der Waals surface area contributed by atoms with Gasteiger partial charge in [-0.3, -0.25) is 9.48 Å². The lowest BCUT2D eigenvalue weighted by atomic mass is 9.83. The predicted octanol–water partition coefficient (Wildman–Crippen LogP) is 2.37. The Morgan fingerprint density at radius 1 is 1.32 bits per heavy atom. The molecule has 1 amide bonds. The van der Waals surface area contributed by atoms with Crippen LogP contribution in [0.15, 0.2) is 24.3 Å². The van der Waals surface area contributed by atoms with Gasteiger partial charge in [0, 0.05) is 45.7 Å². The molecule has 1 aromatic carbocycles. The zero-order chi connectivity index (χ0) is 17.4. The van der Waals surface area contributed by atoms with E-state index in [2.05, 4.69) is 5.10 Å². The molecule has 25 heavy (non-hydrogen) atoms. The molecule has 2 aromatic rings. The first-order valence-corrected chi connectivity index (χ1v) is 9.00. The van der Waals surface area contributed by atoms with E-state index in [1.54, 1.807) is 11.8 Å². The van der Waals surface area contributed by atoms with Gasteiger partial charge in [-0.1, -0.05) is 18.2 Å². The van der Waals surface area contributed by atoms with Crippen molar-refractivity contribution in [3.8, 4) is 0 Å². The highest BCUT2D eigenvalue weighted by atomic mass is 16.5. The number of rotatable bonds is 2. The highest BCUT2D eigenvalue weighted by Gasteiger charge is 2.41. The van der Waals surface area contributed by atoms with Crippen molar-refractivity contribution in [2.45, 2.75) is 37.4 Å². The molecule has 0 N–H and O–H groups in total. The summed E-state index contributed by atoms with van der Waals surface area (Å²) in [7, 11) is 3.65. The van der Waals surface area contributed by atoms with Crippen LogP contribution in [0.3, 0.4) is 0 Å². The average molecular weight is 343 g/mol. The number of hydrogen-bond acceptors (Lipinski definition) is 4. The van der Waals surface area contributed by atoms with Crippen molar-refractivity contribution in [3.05, 3.63) is 30.0 Å². The number of fused-ring (bicyclic) bond motifs is 1. The number of likely N-dealkylation sites (tertiary alicyclic amines) is 1. The van der Waals surface area contributed by atoms with E-state index >= 15 is 0 Å². The zero-order valence-electron chi connectivity index (χ0n) is 14.9. The summed E-state index contributed by atoms with van der Waals surface area (Å²) in [5, 5.41) is 5.39. The SMILES string of the molecule is COC1CCOC2(CCN(C(=O)c3nn(C)c4ccccc34)CC2)C1. The van der Waals surface area contributed by atoms with Crippen LogP contribution in [0.4, 0.5) is 0 Å². The molecule has 6 heteroatoms. The summed E-state index contributed by atoms with van der Waals surface area (Å²) >= 11 is 0. The van der Waals surface area contributed by atoms with Gasteiger partial charge in [0.05, 0.1) is 17.2 Å². The van der Waals surface area contributed by atoms with Crippen molar-refractivity contribution in [1.82, 2.24) is 14.7 Å². The maximum atomic E-state index is 13.0. The number of nitrogens with zero attached hydrogens (tertiary/aromatic N) is 3. The quantitative estimate of drug-likeness (QED) is 0.840. The number of methoxy groups -OCH3 is 1. The predicted molar refractivity (Wildman–Crippen MR) is 94.6 cm³/mol. The third-order valence-corrected chi connectivity index (χ3v) is 5.70. The van der Waals surface area contributed by atoms with Crippen LogP contribution >= 0.6 is 0 Å². The van der Waals surface area contributed by atoms with Crippen molar-refractivity contribution >= 4 is 16.8 Å². The first kappa shape index (κ1) is 16.5. The van der Waals surface area contributed by atoms with Crippen LogP contribution in [-0.4, -0.2) is 59.1 Å². The molecule has 134 valence electrons. The fourth-order valence-corrected chi connectivity index (χ4v) is 4.17. The van der Waals surface area contributed by atoms with Gasteiger partial charge in [-0.15, -0.1) is 0 Å². The van der Waals surface area contributed by atoms with E-state index in [-0.39, 0.29) is 17.6 Å². The van der Waals surface area contributed by atoms with Gasteiger partial charge in [0.15, 0.2) is 5.69 Å². The van der Waals surface area contributed by atoms with Gasteiger partial charge in [-0.2, -0.15) is 5.10 Å². The Morgan fingerprint density at radius 2 is 2.08 bits per heavy atom. The molecule has 1 unspecified atom stereocenters. The molecular weight excluding hydrogens is 318 g/mol. The molecule has 2 aliphatic rings. The van der Waals surface area contributed by atoms with Gasteiger partial charge in [0.25, 0.3) is 5.91 Å². The molecule has 2 fully saturated rings. The molecule has 0 saturated carbocycles. The molecule has 0 aliphatic carbocycles. The minimum absolute atomic E-state index is 0.0192. The lowest BCUT2D eigenvalue weighted by Gasteiger charge is -2.45. The number of ether oxygens (including phenoxy) is 2. The number of aryl methyl sites for hydroxylation is 1. The summed E-state index contributed by atoms with van der Waals surface area (Å²) < 4.78 is 13.4. The molecule has 0 radical (unpaired) electrons. The van der Waals surface area contributed by atoms with E-state index in [0.29, 0.717) is 18.8 Å². The summed E-state index contributed by atoms with van der Waals surface area (Å²) in [6.07, 6.45) is 3.89. The van der Waals surface area contributed by atoms with Gasteiger partial charge in [0.1, 0.15) is 0 Å². The van der Waals surface area contributed by atoms with Crippen molar-refractivity contribution in [1.29, 1.82) is 0 Å². The van der Waals surface area contributed by atoms with Crippen LogP contribution in [-0.2, 0) is 16.5 Å². The molecule has 3 heterocycles. The number of carbonyl (C=O) groups excluding carboxylic acids is 1. The zero-order valence-corrected chi connectivity index (χ0v) is 14.9. The summed E-state index contributed by atoms with van der Waals surface area (Å²) in [5.74, 6) is 0.0192. The first-order valence-electron chi connectivity index (χ1n) is 9.00. The Balaban J connectivity index is 1.49. The summed E-state index contributed by atoms with van der Waals surface area (Å²) in [5.41, 5.74) is 1.41. The second-order valence-corrected chi connectivity index (χ2v) is 7.16. The van der Waals surface area contributed by atoms with Crippen LogP contribution < -0.4 is 0 Å². The minimum Gasteiger partial charge on any atom is -0.381 e. The van der Waals surface area contributed by atoms with Crippen molar-refractivity contribution in [2.75, 3.05) is 26.8 Å². The first-order chi connectivity index (χ1) is 12.1. The van der Waals surface area contributed by atoms with Crippen molar-refractivity contribution < 1.29 is 14.3 Å². The Kier molecular flexibility index (Phi) is 4.25. The highest BCUT2D eigenvalue weighted by molar-refractivity contribution is 6.04. The molecule has 2 saturated heterocycles. The molecule has 4 rings (SSSR count). The number of piperidine rings is 1. The van der Waals surface area contributed by atoms with E-state index in [0.717, 1.165) is 43.2 Å². The fourth-order valence-electron chi connectivity index (χ4n) is 4.17. The Bertz CT molecular complexity index is 777. The van der Waals surface area contributed by atoms with Gasteiger partial charge >= 0.3 is 0 Å². The molecule has 2 aliphatic heterocycles. The standard InChI is InChI=1S/C19H25N3O3/c1-21-16-6-4-3-5-15(16)17(20-21)18(23)22-10-8-19(9-11-22)13-14(24-2)7-12-25-19/h3-6,14H,7-13H2,1-2H3. The van der Waals surface area contributed by atoms with Gasteiger partial charge < -0.3 is 14.4 Å². The van der Waals surface area contributed by atoms with Crippen LogP contribution in [0.2, 0.25) is 0 Å². The monoisotopic (exact) mass is 343 g/mol. The lowest BCUT2D eigenvalue weighted by molar-refractivity contribution is -0.146. The summed E-state index contributed by atoms with van der Waals surface area (Å²) in [6.45, 7) is 2.16. The van der Waals surface area contributed by atoms with Gasteiger partial charge in [0.2, 0.25) is 0 Å². The van der Waals surface area contributed by atoms with Crippen LogP contribution in [0.25, 0.3) is 10.9 Å². The largest absolute Gasteiger partial charge is 0.381 e. The molecule has 1 atom stereocenters. The topological polar surface area (TPSA) is 56.6 Å². The van der Waals surface area contributed by atoms with Gasteiger partial charge in [-0.05, 0) is 25.3 Å². The number of benzene rings is 1. The number of aromatic nitrogens is 2. The average Bonchev–Trinajstić information content (AvgIpc) is 2.99. The van der Waals surface area contributed by atoms with E-state index in [4.69, 9.17) is 9.47 Å². The fraction of sp³-hybridized carbons (Fsp3) is 0.579. The van der Waals surface area contributed by atoms with Crippen molar-refractivity contribution in [2.24, 2.45) is 7.05 Å². The summed E-state index contributed by atoms with van der Waals surface area (Å²) in [6, 6.07) is 7.88. The number of hydrogen-bond donors (Lipinski definition) is 0. The Hall–Kier alpha value is -1.92. The highest BCUT2D eigenvalue weighted by Crippen LogP contribution is 2.36. The van der Waals surface area contributed by atoms with Crippen LogP contribution in [0.5, 0.6) is 0 Å². The molecule has 6 nitrogen and oxygen atoms in total. The number of amides is 1. The molecule has 1 aromatic heterocycles. The summed E-state index contributed by atoms with van der Waals surface area (Å²) in [4.78, 5) is 14.9. The third-order valence-electron chi connectivity index (χ3n) is 5.70. The Labute approximate surface area is 147 Å². The third kappa shape index (κ3) is 2.93. The Morgan fingerprint density at radius 3 is 2.84 bits per heavy atom. The maximum Gasteiger partial charge on any atom is 0.275 e. The smallest absolute Gasteiger partial charge is 0.275 e. The maximum absolute atomic E-state index is 13.0. The van der Waals surface area contributed by atoms with Crippen molar-refractivity contribution in [3.63, 3.8) is 0 Å². The molecule has 0 bridgehead atoms. The molecular formula is C19H25N3O3.